The van der Waals surface area contributed by atoms with Crippen molar-refractivity contribution in [3.63, 3.8) is 0 Å². The zero-order valence-electron chi connectivity index (χ0n) is 12.4. The molecule has 0 amide bonds. The molecule has 0 rings (SSSR count). The minimum absolute atomic E-state index is 0.357. The van der Waals surface area contributed by atoms with Crippen molar-refractivity contribution in [2.75, 3.05) is 20.3 Å². The fraction of sp³-hybridized carbons (Fsp3) is 0.933. The minimum Gasteiger partial charge on any atom is -0.381 e. The average Bonchev–Trinajstić information content (AvgIpc) is 2.42. The Morgan fingerprint density at radius 1 is 1.06 bits per heavy atom. The van der Waals surface area contributed by atoms with E-state index in [0.29, 0.717) is 0 Å². The highest BCUT2D eigenvalue weighted by Gasteiger charge is 2.24. The molecule has 0 aliphatic heterocycles. The Labute approximate surface area is 113 Å². The van der Waals surface area contributed by atoms with Crippen LogP contribution in [-0.2, 0) is 4.74 Å². The molecule has 0 saturated heterocycles. The zero-order chi connectivity index (χ0) is 13.7. The van der Waals surface area contributed by atoms with Gasteiger partial charge in [0.25, 0.3) is 0 Å². The van der Waals surface area contributed by atoms with Gasteiger partial charge in [0.05, 0.1) is 6.07 Å². The van der Waals surface area contributed by atoms with Crippen LogP contribution in [0.5, 0.6) is 0 Å². The zero-order valence-corrected chi connectivity index (χ0v) is 12.4. The highest BCUT2D eigenvalue weighted by Crippen LogP contribution is 2.15. The first kappa shape index (κ1) is 17.4. The largest absolute Gasteiger partial charge is 0.381 e. The summed E-state index contributed by atoms with van der Waals surface area (Å²) in [6, 6.07) is 2.37. The Morgan fingerprint density at radius 2 is 1.72 bits per heavy atom. The third-order valence-corrected chi connectivity index (χ3v) is 3.58. The average molecular weight is 254 g/mol. The number of unbranched alkanes of at least 4 members (excludes halogenated alkanes) is 4. The van der Waals surface area contributed by atoms with Crippen molar-refractivity contribution in [3.8, 4) is 6.07 Å². The predicted molar refractivity (Wildman–Crippen MR) is 76.5 cm³/mol. The number of nitrogens with zero attached hydrogens (tertiary/aromatic N) is 1. The highest BCUT2D eigenvalue weighted by molar-refractivity contribution is 5.05. The van der Waals surface area contributed by atoms with Gasteiger partial charge in [-0.2, -0.15) is 5.26 Å². The second-order valence-corrected chi connectivity index (χ2v) is 4.93. The van der Waals surface area contributed by atoms with Crippen LogP contribution in [0.2, 0.25) is 0 Å². The van der Waals surface area contributed by atoms with Gasteiger partial charge >= 0.3 is 0 Å². The normalized spacial score (nSPS) is 14.1. The second kappa shape index (κ2) is 11.5. The molecular formula is C15H30N2O. The van der Waals surface area contributed by atoms with Crippen molar-refractivity contribution in [1.29, 1.82) is 5.26 Å². The molecule has 1 atom stereocenters. The third-order valence-electron chi connectivity index (χ3n) is 3.58. The number of hydrogen-bond acceptors (Lipinski definition) is 3. The van der Waals surface area contributed by atoms with Crippen LogP contribution in [0.3, 0.4) is 0 Å². The van der Waals surface area contributed by atoms with E-state index >= 15 is 0 Å². The maximum atomic E-state index is 9.15. The molecule has 18 heavy (non-hydrogen) atoms. The molecule has 3 heteroatoms. The van der Waals surface area contributed by atoms with E-state index in [4.69, 9.17) is 10.00 Å². The van der Waals surface area contributed by atoms with Crippen LogP contribution in [0.1, 0.15) is 65.2 Å². The molecule has 1 N–H and O–H groups in total. The summed E-state index contributed by atoms with van der Waals surface area (Å²) in [5, 5.41) is 12.3. The van der Waals surface area contributed by atoms with E-state index in [1.807, 2.05) is 14.0 Å². The Bertz CT molecular complexity index is 219. The summed E-state index contributed by atoms with van der Waals surface area (Å²) in [5.41, 5.74) is -0.357. The molecule has 0 aromatic carbocycles. The number of nitrogens with one attached hydrogen (secondary N) is 1. The van der Waals surface area contributed by atoms with Crippen LogP contribution in [-0.4, -0.2) is 25.8 Å². The summed E-state index contributed by atoms with van der Waals surface area (Å²) in [5.74, 6) is 0. The topological polar surface area (TPSA) is 45.0 Å². The maximum Gasteiger partial charge on any atom is 0.106 e. The number of nitriles is 1. The van der Waals surface area contributed by atoms with Gasteiger partial charge in [-0.1, -0.05) is 39.5 Å². The van der Waals surface area contributed by atoms with Crippen LogP contribution >= 0.6 is 0 Å². The van der Waals surface area contributed by atoms with Gasteiger partial charge < -0.3 is 10.1 Å². The monoisotopic (exact) mass is 254 g/mol. The fourth-order valence-electron chi connectivity index (χ4n) is 2.06. The number of rotatable bonds is 12. The lowest BCUT2D eigenvalue weighted by molar-refractivity contribution is 0.121. The van der Waals surface area contributed by atoms with Crippen LogP contribution in [0.4, 0.5) is 0 Å². The van der Waals surface area contributed by atoms with Gasteiger partial charge in [-0.05, 0) is 32.7 Å². The molecule has 0 fully saturated rings. The summed E-state index contributed by atoms with van der Waals surface area (Å²) < 4.78 is 5.61. The number of ether oxygens (including phenoxy) is 1. The Hall–Kier alpha value is -0.590. The molecule has 3 nitrogen and oxygen atoms in total. The van der Waals surface area contributed by atoms with Gasteiger partial charge in [0.1, 0.15) is 5.54 Å². The quantitative estimate of drug-likeness (QED) is 0.541. The standard InChI is InChI=1S/C15H30N2O/c1-4-6-7-8-9-12-18-13-10-11-15(5-2,14-16)17-3/h17H,4-13H2,1-3H3. The van der Waals surface area contributed by atoms with Gasteiger partial charge in [-0.3, -0.25) is 0 Å². The summed E-state index contributed by atoms with van der Waals surface area (Å²) in [7, 11) is 1.86. The molecule has 0 aliphatic rings. The third kappa shape index (κ3) is 7.68. The molecule has 1 unspecified atom stereocenters. The Morgan fingerprint density at radius 3 is 2.28 bits per heavy atom. The van der Waals surface area contributed by atoms with Crippen LogP contribution in [0, 0.1) is 11.3 Å². The molecule has 0 saturated carbocycles. The lowest BCUT2D eigenvalue weighted by Gasteiger charge is -2.24. The van der Waals surface area contributed by atoms with Crippen molar-refractivity contribution in [1.82, 2.24) is 5.32 Å². The molecule has 0 bridgehead atoms. The fourth-order valence-corrected chi connectivity index (χ4v) is 2.06. The molecule has 106 valence electrons. The molecule has 0 aliphatic carbocycles. The maximum absolute atomic E-state index is 9.15. The van der Waals surface area contributed by atoms with E-state index in [1.165, 1.54) is 32.1 Å². The van der Waals surface area contributed by atoms with Crippen molar-refractivity contribution in [2.24, 2.45) is 0 Å². The Balaban J connectivity index is 3.42. The second-order valence-electron chi connectivity index (χ2n) is 4.93. The van der Waals surface area contributed by atoms with E-state index in [0.717, 1.165) is 32.5 Å². The van der Waals surface area contributed by atoms with Crippen LogP contribution in [0.15, 0.2) is 0 Å². The lowest BCUT2D eigenvalue weighted by atomic mass is 9.92. The van der Waals surface area contributed by atoms with Gasteiger partial charge in [-0.25, -0.2) is 0 Å². The van der Waals surface area contributed by atoms with Crippen molar-refractivity contribution in [2.45, 2.75) is 70.8 Å². The van der Waals surface area contributed by atoms with Crippen molar-refractivity contribution in [3.05, 3.63) is 0 Å². The van der Waals surface area contributed by atoms with Gasteiger partial charge in [-0.15, -0.1) is 0 Å². The summed E-state index contributed by atoms with van der Waals surface area (Å²) in [6.45, 7) is 5.93. The molecule has 0 radical (unpaired) electrons. The van der Waals surface area contributed by atoms with E-state index < -0.39 is 0 Å². The van der Waals surface area contributed by atoms with E-state index in [-0.39, 0.29) is 5.54 Å². The molecule has 0 aromatic heterocycles. The summed E-state index contributed by atoms with van der Waals surface area (Å²) >= 11 is 0. The highest BCUT2D eigenvalue weighted by atomic mass is 16.5. The lowest BCUT2D eigenvalue weighted by Crippen LogP contribution is -2.40. The molecule has 0 aromatic rings. The van der Waals surface area contributed by atoms with Crippen molar-refractivity contribution >= 4 is 0 Å². The van der Waals surface area contributed by atoms with Crippen molar-refractivity contribution < 1.29 is 4.74 Å². The van der Waals surface area contributed by atoms with Crippen LogP contribution < -0.4 is 5.32 Å². The SMILES string of the molecule is CCCCCCCOCCCC(C#N)(CC)NC. The van der Waals surface area contributed by atoms with Gasteiger partial charge in [0.15, 0.2) is 0 Å². The minimum atomic E-state index is -0.357. The number of hydrogen-bond donors (Lipinski definition) is 1. The predicted octanol–water partition coefficient (Wildman–Crippen LogP) is 3.65. The first-order valence-electron chi connectivity index (χ1n) is 7.42. The molecule has 0 spiro atoms. The first-order chi connectivity index (χ1) is 8.74. The van der Waals surface area contributed by atoms with Gasteiger partial charge in [0, 0.05) is 13.2 Å². The first-order valence-corrected chi connectivity index (χ1v) is 7.42. The smallest absolute Gasteiger partial charge is 0.106 e. The van der Waals surface area contributed by atoms with Gasteiger partial charge in [0.2, 0.25) is 0 Å². The Kier molecular flexibility index (Phi) is 11.1. The van der Waals surface area contributed by atoms with E-state index in [2.05, 4.69) is 18.3 Å². The molecular weight excluding hydrogens is 224 g/mol. The van der Waals surface area contributed by atoms with E-state index in [9.17, 15) is 0 Å². The van der Waals surface area contributed by atoms with E-state index in [1.54, 1.807) is 0 Å². The summed E-state index contributed by atoms with van der Waals surface area (Å²) in [4.78, 5) is 0. The summed E-state index contributed by atoms with van der Waals surface area (Å²) in [6.07, 6.45) is 9.07. The molecule has 0 heterocycles. The van der Waals surface area contributed by atoms with Crippen LogP contribution in [0.25, 0.3) is 0 Å².